The van der Waals surface area contributed by atoms with Gasteiger partial charge >= 0.3 is 0 Å². The average Bonchev–Trinajstić information content (AvgIpc) is 2.25. The van der Waals surface area contributed by atoms with Crippen LogP contribution in [0.15, 0.2) is 36.5 Å². The minimum Gasteiger partial charge on any atom is -0.356 e. The summed E-state index contributed by atoms with van der Waals surface area (Å²) in [6.45, 7) is 6.91. The van der Waals surface area contributed by atoms with E-state index in [1.165, 1.54) is 0 Å². The van der Waals surface area contributed by atoms with E-state index in [0.717, 1.165) is 13.0 Å². The lowest BCUT2D eigenvalue weighted by Crippen LogP contribution is -2.26. The summed E-state index contributed by atoms with van der Waals surface area (Å²) < 4.78 is 0. The van der Waals surface area contributed by atoms with Crippen LogP contribution < -0.4 is 5.32 Å². The number of carbonyl (C=O) groups excluding carboxylic acids is 1. The van der Waals surface area contributed by atoms with Gasteiger partial charge in [-0.1, -0.05) is 50.3 Å². The Hall–Kier alpha value is -1.31. The molecule has 0 unspecified atom stereocenters. The molecule has 0 radical (unpaired) electrons. The summed E-state index contributed by atoms with van der Waals surface area (Å²) in [4.78, 5) is 11.3. The molecule has 0 saturated carbocycles. The van der Waals surface area contributed by atoms with E-state index in [4.69, 9.17) is 0 Å². The Bertz CT molecular complexity index is 262. The molecule has 0 atom stereocenters. The first-order valence-corrected chi connectivity index (χ1v) is 5.86. The van der Waals surface area contributed by atoms with Crippen molar-refractivity contribution in [2.75, 3.05) is 6.54 Å². The van der Waals surface area contributed by atoms with Crippen LogP contribution in [-0.4, -0.2) is 12.5 Å². The van der Waals surface area contributed by atoms with Crippen molar-refractivity contribution in [2.24, 2.45) is 5.92 Å². The van der Waals surface area contributed by atoms with E-state index in [0.29, 0.717) is 12.3 Å². The van der Waals surface area contributed by atoms with E-state index in [-0.39, 0.29) is 5.91 Å². The fraction of sp³-hybridized carbons (Fsp3) is 0.500. The molecule has 0 aliphatic heterocycles. The average molecular weight is 221 g/mol. The molecule has 0 bridgehead atoms. The van der Waals surface area contributed by atoms with E-state index < -0.39 is 0 Å². The molecule has 1 amide bonds. The molecule has 0 rings (SSSR count). The van der Waals surface area contributed by atoms with Crippen LogP contribution in [0.5, 0.6) is 0 Å². The number of rotatable bonds is 7. The Kier molecular flexibility index (Phi) is 9.38. The molecule has 0 heterocycles. The number of amides is 1. The van der Waals surface area contributed by atoms with Crippen molar-refractivity contribution < 1.29 is 4.79 Å². The molecule has 0 aliphatic carbocycles. The van der Waals surface area contributed by atoms with Crippen LogP contribution >= 0.6 is 0 Å². The largest absolute Gasteiger partial charge is 0.356 e. The number of nitrogens with one attached hydrogen (secondary N) is 1. The van der Waals surface area contributed by atoms with Gasteiger partial charge < -0.3 is 5.32 Å². The number of carbonyl (C=O) groups is 1. The first-order chi connectivity index (χ1) is 7.66. The van der Waals surface area contributed by atoms with Gasteiger partial charge in [-0.25, -0.2) is 0 Å². The van der Waals surface area contributed by atoms with Crippen LogP contribution in [0.25, 0.3) is 0 Å². The quantitative estimate of drug-likeness (QED) is 0.519. The molecular formula is C14H23NO. The fourth-order valence-corrected chi connectivity index (χ4v) is 1.02. The van der Waals surface area contributed by atoms with Crippen LogP contribution in [0.2, 0.25) is 0 Å². The van der Waals surface area contributed by atoms with Gasteiger partial charge in [-0.15, -0.1) is 0 Å². The number of hydrogen-bond acceptors (Lipinski definition) is 1. The maximum absolute atomic E-state index is 11.3. The summed E-state index contributed by atoms with van der Waals surface area (Å²) in [6, 6.07) is 0. The molecule has 0 aromatic heterocycles. The van der Waals surface area contributed by atoms with Crippen molar-refractivity contribution in [3.05, 3.63) is 36.5 Å². The van der Waals surface area contributed by atoms with Gasteiger partial charge in [-0.3, -0.25) is 4.79 Å². The Balaban J connectivity index is 3.55. The lowest BCUT2D eigenvalue weighted by Gasteiger charge is -2.05. The van der Waals surface area contributed by atoms with Crippen molar-refractivity contribution in [1.29, 1.82) is 0 Å². The van der Waals surface area contributed by atoms with Gasteiger partial charge in [0, 0.05) is 13.0 Å². The molecule has 0 saturated heterocycles. The Morgan fingerprint density at radius 3 is 2.56 bits per heavy atom. The minimum atomic E-state index is 0.0994. The summed E-state index contributed by atoms with van der Waals surface area (Å²) in [6.07, 6.45) is 13.3. The molecule has 0 fully saturated rings. The minimum absolute atomic E-state index is 0.0994. The van der Waals surface area contributed by atoms with Gasteiger partial charge in [0.2, 0.25) is 5.91 Å². The fourth-order valence-electron chi connectivity index (χ4n) is 1.02. The van der Waals surface area contributed by atoms with Crippen LogP contribution in [0.4, 0.5) is 0 Å². The van der Waals surface area contributed by atoms with Gasteiger partial charge in [-0.05, 0) is 19.3 Å². The molecule has 0 aromatic carbocycles. The smallest absolute Gasteiger partial charge is 0.223 e. The lowest BCUT2D eigenvalue weighted by molar-refractivity contribution is -0.120. The van der Waals surface area contributed by atoms with Crippen LogP contribution in [-0.2, 0) is 4.79 Å². The topological polar surface area (TPSA) is 29.1 Å². The Labute approximate surface area is 99.1 Å². The van der Waals surface area contributed by atoms with Crippen LogP contribution in [0.3, 0.4) is 0 Å². The molecular weight excluding hydrogens is 198 g/mol. The van der Waals surface area contributed by atoms with Crippen molar-refractivity contribution in [3.8, 4) is 0 Å². The third-order valence-electron chi connectivity index (χ3n) is 1.89. The van der Waals surface area contributed by atoms with E-state index in [2.05, 4.69) is 25.2 Å². The molecule has 0 spiro atoms. The summed E-state index contributed by atoms with van der Waals surface area (Å²) in [5, 5.41) is 2.87. The molecule has 2 heteroatoms. The third kappa shape index (κ3) is 10.8. The molecule has 2 nitrogen and oxygen atoms in total. The van der Waals surface area contributed by atoms with E-state index in [1.807, 2.05) is 37.3 Å². The zero-order valence-corrected chi connectivity index (χ0v) is 10.6. The first kappa shape index (κ1) is 14.7. The summed E-state index contributed by atoms with van der Waals surface area (Å²) in [5.74, 6) is 0.610. The predicted molar refractivity (Wildman–Crippen MR) is 70.2 cm³/mol. The second kappa shape index (κ2) is 10.2. The highest BCUT2D eigenvalue weighted by Crippen LogP contribution is 1.92. The molecule has 90 valence electrons. The highest BCUT2D eigenvalue weighted by atomic mass is 16.1. The van der Waals surface area contributed by atoms with Gasteiger partial charge in [0.25, 0.3) is 0 Å². The SMILES string of the molecule is C/C=C/C=C/C/C=C/CC(=O)NCC(C)C. The highest BCUT2D eigenvalue weighted by molar-refractivity contribution is 5.77. The maximum atomic E-state index is 11.3. The van der Waals surface area contributed by atoms with Crippen molar-refractivity contribution in [2.45, 2.75) is 33.6 Å². The normalized spacial score (nSPS) is 12.2. The highest BCUT2D eigenvalue weighted by Gasteiger charge is 1.98. The molecule has 0 aromatic rings. The zero-order valence-electron chi connectivity index (χ0n) is 10.6. The van der Waals surface area contributed by atoms with Gasteiger partial charge in [0.05, 0.1) is 0 Å². The molecule has 0 aliphatic rings. The standard InChI is InChI=1S/C14H23NO/c1-4-5-6-7-8-9-10-11-14(16)15-12-13(2)3/h4-7,9-10,13H,8,11-12H2,1-3H3,(H,15,16)/b5-4+,7-6+,10-9+. The monoisotopic (exact) mass is 221 g/mol. The molecule has 1 N–H and O–H groups in total. The second-order valence-electron chi connectivity index (χ2n) is 4.06. The number of allylic oxidation sites excluding steroid dienone is 5. The zero-order chi connectivity index (χ0) is 12.2. The van der Waals surface area contributed by atoms with Gasteiger partial charge in [0.1, 0.15) is 0 Å². The van der Waals surface area contributed by atoms with Crippen LogP contribution in [0.1, 0.15) is 33.6 Å². The van der Waals surface area contributed by atoms with Crippen LogP contribution in [0, 0.1) is 5.92 Å². The van der Waals surface area contributed by atoms with E-state index in [9.17, 15) is 4.79 Å². The number of hydrogen-bond donors (Lipinski definition) is 1. The molecule has 16 heavy (non-hydrogen) atoms. The second-order valence-corrected chi connectivity index (χ2v) is 4.06. The third-order valence-corrected chi connectivity index (χ3v) is 1.89. The predicted octanol–water partition coefficient (Wildman–Crippen LogP) is 3.23. The first-order valence-electron chi connectivity index (χ1n) is 5.86. The lowest BCUT2D eigenvalue weighted by atomic mass is 10.2. The Morgan fingerprint density at radius 2 is 1.94 bits per heavy atom. The van der Waals surface area contributed by atoms with Crippen molar-refractivity contribution in [1.82, 2.24) is 5.32 Å². The van der Waals surface area contributed by atoms with E-state index in [1.54, 1.807) is 0 Å². The van der Waals surface area contributed by atoms with Gasteiger partial charge in [-0.2, -0.15) is 0 Å². The Morgan fingerprint density at radius 1 is 1.19 bits per heavy atom. The summed E-state index contributed by atoms with van der Waals surface area (Å²) in [5.41, 5.74) is 0. The summed E-state index contributed by atoms with van der Waals surface area (Å²) >= 11 is 0. The van der Waals surface area contributed by atoms with Crippen molar-refractivity contribution >= 4 is 5.91 Å². The van der Waals surface area contributed by atoms with E-state index >= 15 is 0 Å². The summed E-state index contributed by atoms with van der Waals surface area (Å²) in [7, 11) is 0. The van der Waals surface area contributed by atoms with Crippen molar-refractivity contribution in [3.63, 3.8) is 0 Å². The maximum Gasteiger partial charge on any atom is 0.223 e. The van der Waals surface area contributed by atoms with Gasteiger partial charge in [0.15, 0.2) is 0 Å².